The van der Waals surface area contributed by atoms with Gasteiger partial charge in [0, 0.05) is 0 Å². The van der Waals surface area contributed by atoms with Crippen molar-refractivity contribution >= 4 is 0 Å². The number of benzene rings is 1. The van der Waals surface area contributed by atoms with E-state index in [2.05, 4.69) is 9.47 Å². The molecular weight excluding hydrogens is 273 g/mol. The van der Waals surface area contributed by atoms with Gasteiger partial charge in [-0.2, -0.15) is 13.2 Å². The average molecular weight is 285 g/mol. The molecule has 0 unspecified atom stereocenters. The van der Waals surface area contributed by atoms with Crippen molar-refractivity contribution in [1.82, 2.24) is 0 Å². The minimum atomic E-state index is -4.52. The molecule has 0 aliphatic heterocycles. The summed E-state index contributed by atoms with van der Waals surface area (Å²) in [5.74, 6) is -2.80. The Morgan fingerprint density at radius 1 is 1.11 bits per heavy atom. The van der Waals surface area contributed by atoms with Crippen LogP contribution in [-0.4, -0.2) is 26.1 Å². The summed E-state index contributed by atoms with van der Waals surface area (Å²) >= 11 is 0. The van der Waals surface area contributed by atoms with Gasteiger partial charge in [-0.05, 0) is 30.7 Å². The van der Waals surface area contributed by atoms with Crippen LogP contribution < -0.4 is 10.5 Å². The van der Waals surface area contributed by atoms with Crippen molar-refractivity contribution in [3.8, 4) is 5.75 Å². The molecule has 1 rings (SSSR count). The molecule has 0 amide bonds. The van der Waals surface area contributed by atoms with E-state index in [0.29, 0.717) is 5.56 Å². The third-order valence-corrected chi connectivity index (χ3v) is 2.04. The third kappa shape index (κ3) is 5.39. The Hall–Kier alpha value is -1.41. The molecule has 0 radical (unpaired) electrons. The summed E-state index contributed by atoms with van der Waals surface area (Å²) in [6, 6.07) is 2.02. The first-order valence-electron chi connectivity index (χ1n) is 5.29. The maximum Gasteiger partial charge on any atom is 0.411 e. The van der Waals surface area contributed by atoms with E-state index in [4.69, 9.17) is 5.73 Å². The van der Waals surface area contributed by atoms with Crippen LogP contribution in [-0.2, 0) is 11.2 Å². The summed E-state index contributed by atoms with van der Waals surface area (Å²) < 4.78 is 70.6. The fourth-order valence-corrected chi connectivity index (χ4v) is 1.32. The van der Waals surface area contributed by atoms with Gasteiger partial charge in [-0.3, -0.25) is 0 Å². The SMILES string of the molecule is NCCc1cc(F)c(OCOCC(F)(F)F)c(F)c1. The molecule has 2 N–H and O–H groups in total. The Labute approximate surface area is 106 Å². The van der Waals surface area contributed by atoms with Crippen molar-refractivity contribution in [3.63, 3.8) is 0 Å². The second-order valence-electron chi connectivity index (χ2n) is 3.65. The fourth-order valence-electron chi connectivity index (χ4n) is 1.32. The molecule has 1 aromatic rings. The molecule has 0 heterocycles. The van der Waals surface area contributed by atoms with Gasteiger partial charge in [-0.1, -0.05) is 0 Å². The highest BCUT2D eigenvalue weighted by Crippen LogP contribution is 2.24. The standard InChI is InChI=1S/C11H12F5NO2/c12-8-3-7(1-2-17)4-9(13)10(8)19-6-18-5-11(14,15)16/h3-4H,1-2,5-6,17H2. The maximum atomic E-state index is 13.4. The lowest BCUT2D eigenvalue weighted by atomic mass is 10.1. The zero-order valence-corrected chi connectivity index (χ0v) is 9.77. The van der Waals surface area contributed by atoms with Crippen LogP contribution >= 0.6 is 0 Å². The van der Waals surface area contributed by atoms with E-state index in [9.17, 15) is 22.0 Å². The summed E-state index contributed by atoms with van der Waals surface area (Å²) in [6.45, 7) is -2.24. The Kier molecular flexibility index (Phi) is 5.49. The molecule has 0 bridgehead atoms. The third-order valence-electron chi connectivity index (χ3n) is 2.04. The van der Waals surface area contributed by atoms with Crippen molar-refractivity contribution < 1.29 is 31.4 Å². The van der Waals surface area contributed by atoms with Gasteiger partial charge in [0.25, 0.3) is 0 Å². The number of alkyl halides is 3. The largest absolute Gasteiger partial charge is 0.461 e. The maximum absolute atomic E-state index is 13.4. The Morgan fingerprint density at radius 3 is 2.16 bits per heavy atom. The number of ether oxygens (including phenoxy) is 2. The van der Waals surface area contributed by atoms with Gasteiger partial charge in [0.2, 0.25) is 0 Å². The van der Waals surface area contributed by atoms with Gasteiger partial charge >= 0.3 is 6.18 Å². The summed E-state index contributed by atoms with van der Waals surface area (Å²) in [5.41, 5.74) is 5.57. The van der Waals surface area contributed by atoms with Crippen LogP contribution in [0, 0.1) is 11.6 Å². The molecule has 0 fully saturated rings. The lowest BCUT2D eigenvalue weighted by molar-refractivity contribution is -0.187. The second kappa shape index (κ2) is 6.67. The lowest BCUT2D eigenvalue weighted by Crippen LogP contribution is -2.19. The first-order chi connectivity index (χ1) is 8.83. The first-order valence-corrected chi connectivity index (χ1v) is 5.29. The molecule has 0 saturated carbocycles. The molecule has 0 aromatic heterocycles. The number of hydrogen-bond donors (Lipinski definition) is 1. The summed E-state index contributed by atoms with van der Waals surface area (Å²) in [5, 5.41) is 0. The number of rotatable bonds is 6. The normalized spacial score (nSPS) is 11.7. The van der Waals surface area contributed by atoms with E-state index in [0.717, 1.165) is 12.1 Å². The van der Waals surface area contributed by atoms with E-state index in [1.807, 2.05) is 0 Å². The lowest BCUT2D eigenvalue weighted by Gasteiger charge is -2.11. The second-order valence-corrected chi connectivity index (χ2v) is 3.65. The van der Waals surface area contributed by atoms with Crippen molar-refractivity contribution in [2.75, 3.05) is 19.9 Å². The van der Waals surface area contributed by atoms with E-state index < -0.39 is 37.0 Å². The smallest absolute Gasteiger partial charge is 0.411 e. The van der Waals surface area contributed by atoms with Crippen molar-refractivity contribution in [2.45, 2.75) is 12.6 Å². The number of nitrogens with two attached hydrogens (primary N) is 1. The Bertz CT molecular complexity index is 399. The van der Waals surface area contributed by atoms with Gasteiger partial charge < -0.3 is 15.2 Å². The molecule has 108 valence electrons. The Balaban J connectivity index is 2.59. The zero-order chi connectivity index (χ0) is 14.5. The van der Waals surface area contributed by atoms with Crippen LogP contribution in [0.25, 0.3) is 0 Å². The molecule has 0 spiro atoms. The van der Waals surface area contributed by atoms with Crippen LogP contribution in [0.1, 0.15) is 5.56 Å². The molecule has 1 aromatic carbocycles. The topological polar surface area (TPSA) is 44.5 Å². The minimum absolute atomic E-state index is 0.216. The highest BCUT2D eigenvalue weighted by atomic mass is 19.4. The highest BCUT2D eigenvalue weighted by Gasteiger charge is 2.27. The number of hydrogen-bond acceptors (Lipinski definition) is 3. The van der Waals surface area contributed by atoms with Crippen LogP contribution in [0.4, 0.5) is 22.0 Å². The summed E-state index contributed by atoms with van der Waals surface area (Å²) in [7, 11) is 0. The molecular formula is C11H12F5NO2. The fraction of sp³-hybridized carbons (Fsp3) is 0.455. The van der Waals surface area contributed by atoms with Crippen LogP contribution in [0.2, 0.25) is 0 Å². The van der Waals surface area contributed by atoms with Crippen molar-refractivity contribution in [1.29, 1.82) is 0 Å². The van der Waals surface area contributed by atoms with E-state index >= 15 is 0 Å². The van der Waals surface area contributed by atoms with Gasteiger partial charge in [-0.15, -0.1) is 0 Å². The molecule has 3 nitrogen and oxygen atoms in total. The highest BCUT2D eigenvalue weighted by molar-refractivity contribution is 5.31. The van der Waals surface area contributed by atoms with Gasteiger partial charge in [0.05, 0.1) is 0 Å². The quantitative estimate of drug-likeness (QED) is 0.496. The number of halogens is 5. The summed E-state index contributed by atoms with van der Waals surface area (Å²) in [6.07, 6.45) is -4.25. The van der Waals surface area contributed by atoms with Gasteiger partial charge in [0.1, 0.15) is 6.61 Å². The minimum Gasteiger partial charge on any atom is -0.461 e. The van der Waals surface area contributed by atoms with E-state index in [1.54, 1.807) is 0 Å². The molecule has 8 heteroatoms. The molecule has 0 saturated heterocycles. The molecule has 0 aliphatic carbocycles. The summed E-state index contributed by atoms with van der Waals surface area (Å²) in [4.78, 5) is 0. The Morgan fingerprint density at radius 2 is 1.68 bits per heavy atom. The molecule has 0 aliphatic rings. The zero-order valence-electron chi connectivity index (χ0n) is 9.77. The van der Waals surface area contributed by atoms with Crippen LogP contribution in [0.5, 0.6) is 5.75 Å². The van der Waals surface area contributed by atoms with Gasteiger partial charge in [0.15, 0.2) is 24.2 Å². The molecule has 0 atom stereocenters. The van der Waals surface area contributed by atoms with E-state index in [-0.39, 0.29) is 13.0 Å². The van der Waals surface area contributed by atoms with E-state index in [1.165, 1.54) is 0 Å². The van der Waals surface area contributed by atoms with Crippen LogP contribution in [0.15, 0.2) is 12.1 Å². The first kappa shape index (κ1) is 15.6. The van der Waals surface area contributed by atoms with Gasteiger partial charge in [-0.25, -0.2) is 8.78 Å². The molecule has 19 heavy (non-hydrogen) atoms. The average Bonchev–Trinajstić information content (AvgIpc) is 2.26. The predicted octanol–water partition coefficient (Wildman–Crippen LogP) is 2.38. The predicted molar refractivity (Wildman–Crippen MR) is 56.6 cm³/mol. The van der Waals surface area contributed by atoms with Crippen LogP contribution in [0.3, 0.4) is 0 Å². The van der Waals surface area contributed by atoms with Crippen molar-refractivity contribution in [2.24, 2.45) is 5.73 Å². The van der Waals surface area contributed by atoms with Crippen molar-refractivity contribution in [3.05, 3.63) is 29.3 Å². The monoisotopic (exact) mass is 285 g/mol.